The highest BCUT2D eigenvalue weighted by Gasteiger charge is 2.24. The monoisotopic (exact) mass is 225 g/mol. The van der Waals surface area contributed by atoms with Gasteiger partial charge in [-0.2, -0.15) is 0 Å². The van der Waals surface area contributed by atoms with Crippen LogP contribution >= 0.6 is 11.3 Å². The number of hydrogen-bond donors (Lipinski definition) is 1. The van der Waals surface area contributed by atoms with Crippen molar-refractivity contribution in [3.05, 3.63) is 11.1 Å². The molecule has 0 spiro atoms. The van der Waals surface area contributed by atoms with Crippen LogP contribution in [0.4, 0.5) is 5.13 Å². The van der Waals surface area contributed by atoms with E-state index in [-0.39, 0.29) is 0 Å². The Balaban J connectivity index is 2.03. The minimum atomic E-state index is 0.677. The lowest BCUT2D eigenvalue weighted by Gasteiger charge is -2.38. The van der Waals surface area contributed by atoms with Crippen molar-refractivity contribution >= 4 is 16.5 Å². The number of thiazole rings is 1. The van der Waals surface area contributed by atoms with E-state index in [1.165, 1.54) is 30.6 Å². The lowest BCUT2D eigenvalue weighted by atomic mass is 9.97. The Labute approximate surface area is 95.3 Å². The molecule has 4 heteroatoms. The predicted octanol–water partition coefficient (Wildman–Crippen LogP) is 2.49. The number of aromatic nitrogens is 1. The maximum Gasteiger partial charge on any atom is 0.180 e. The first-order chi connectivity index (χ1) is 7.16. The zero-order valence-corrected chi connectivity index (χ0v) is 10.3. The largest absolute Gasteiger partial charge is 0.375 e. The zero-order valence-electron chi connectivity index (χ0n) is 9.44. The number of nitrogens with two attached hydrogens (primary N) is 1. The molecule has 0 aliphatic carbocycles. The normalized spacial score (nSPS) is 28.1. The van der Waals surface area contributed by atoms with Crippen molar-refractivity contribution in [3.8, 4) is 0 Å². The van der Waals surface area contributed by atoms with E-state index >= 15 is 0 Å². The summed E-state index contributed by atoms with van der Waals surface area (Å²) in [5, 5.41) is 2.76. The molecule has 1 aliphatic heterocycles. The lowest BCUT2D eigenvalue weighted by molar-refractivity contribution is 0.0941. The number of nitrogen functional groups attached to an aromatic ring is 1. The van der Waals surface area contributed by atoms with Gasteiger partial charge in [0.15, 0.2) is 5.13 Å². The van der Waals surface area contributed by atoms with Crippen LogP contribution in [0.15, 0.2) is 5.38 Å². The van der Waals surface area contributed by atoms with E-state index in [1.54, 1.807) is 0 Å². The number of rotatable bonds is 2. The summed E-state index contributed by atoms with van der Waals surface area (Å²) in [6.07, 6.45) is 3.98. The van der Waals surface area contributed by atoms with Crippen LogP contribution in [-0.4, -0.2) is 22.0 Å². The molecule has 0 amide bonds. The molecular weight excluding hydrogens is 206 g/mol. The van der Waals surface area contributed by atoms with Crippen LogP contribution in [0.3, 0.4) is 0 Å². The first-order valence-electron chi connectivity index (χ1n) is 5.62. The van der Waals surface area contributed by atoms with E-state index in [4.69, 9.17) is 5.73 Å². The standard InChI is InChI=1S/C11H19N3S/c1-8-4-3-5-9(2)14(8)6-10-7-15-11(12)13-10/h7-9H,3-6H2,1-2H3,(H2,12,13)/t8-,9+. The van der Waals surface area contributed by atoms with Gasteiger partial charge in [-0.1, -0.05) is 6.42 Å². The molecule has 0 bridgehead atoms. The molecule has 1 saturated heterocycles. The highest BCUT2D eigenvalue weighted by atomic mass is 32.1. The first-order valence-corrected chi connectivity index (χ1v) is 6.50. The van der Waals surface area contributed by atoms with Gasteiger partial charge in [-0.25, -0.2) is 4.98 Å². The van der Waals surface area contributed by atoms with Gasteiger partial charge in [-0.15, -0.1) is 11.3 Å². The van der Waals surface area contributed by atoms with Gasteiger partial charge in [0, 0.05) is 24.0 Å². The molecular formula is C11H19N3S. The van der Waals surface area contributed by atoms with Crippen molar-refractivity contribution in [3.63, 3.8) is 0 Å². The highest BCUT2D eigenvalue weighted by molar-refractivity contribution is 7.13. The summed E-state index contributed by atoms with van der Waals surface area (Å²) < 4.78 is 0. The molecule has 0 aromatic carbocycles. The molecule has 0 saturated carbocycles. The molecule has 2 atom stereocenters. The molecule has 2 N–H and O–H groups in total. The van der Waals surface area contributed by atoms with Gasteiger partial charge in [0.05, 0.1) is 5.69 Å². The molecule has 84 valence electrons. The summed E-state index contributed by atoms with van der Waals surface area (Å²) in [7, 11) is 0. The highest BCUT2D eigenvalue weighted by Crippen LogP contribution is 2.25. The van der Waals surface area contributed by atoms with E-state index < -0.39 is 0 Å². The Morgan fingerprint density at radius 3 is 2.67 bits per heavy atom. The number of anilines is 1. The van der Waals surface area contributed by atoms with E-state index in [0.29, 0.717) is 17.2 Å². The first kappa shape index (κ1) is 10.9. The van der Waals surface area contributed by atoms with Gasteiger partial charge < -0.3 is 5.73 Å². The summed E-state index contributed by atoms with van der Waals surface area (Å²) >= 11 is 1.54. The van der Waals surface area contributed by atoms with E-state index in [1.807, 2.05) is 0 Å². The van der Waals surface area contributed by atoms with Crippen molar-refractivity contribution < 1.29 is 0 Å². The van der Waals surface area contributed by atoms with Gasteiger partial charge in [0.2, 0.25) is 0 Å². The smallest absolute Gasteiger partial charge is 0.180 e. The molecule has 15 heavy (non-hydrogen) atoms. The molecule has 0 unspecified atom stereocenters. The molecule has 1 aromatic heterocycles. The van der Waals surface area contributed by atoms with Crippen LogP contribution in [-0.2, 0) is 6.54 Å². The number of nitrogens with zero attached hydrogens (tertiary/aromatic N) is 2. The molecule has 1 fully saturated rings. The van der Waals surface area contributed by atoms with Crippen molar-refractivity contribution in [2.24, 2.45) is 0 Å². The third kappa shape index (κ3) is 2.49. The Morgan fingerprint density at radius 1 is 1.47 bits per heavy atom. The zero-order chi connectivity index (χ0) is 10.8. The van der Waals surface area contributed by atoms with E-state index in [0.717, 1.165) is 12.2 Å². The lowest BCUT2D eigenvalue weighted by Crippen LogP contribution is -2.43. The fourth-order valence-electron chi connectivity index (χ4n) is 2.37. The Morgan fingerprint density at radius 2 is 2.13 bits per heavy atom. The Bertz CT molecular complexity index is 313. The van der Waals surface area contributed by atoms with Gasteiger partial charge in [0.25, 0.3) is 0 Å². The van der Waals surface area contributed by atoms with Crippen LogP contribution in [0.2, 0.25) is 0 Å². The molecule has 1 aromatic rings. The summed E-state index contributed by atoms with van der Waals surface area (Å²) in [6, 6.07) is 1.35. The second-order valence-corrected chi connectivity index (χ2v) is 5.37. The van der Waals surface area contributed by atoms with Crippen LogP contribution in [0.1, 0.15) is 38.8 Å². The minimum absolute atomic E-state index is 0.677. The Hall–Kier alpha value is -0.610. The second kappa shape index (κ2) is 4.49. The van der Waals surface area contributed by atoms with Crippen molar-refractivity contribution in [2.45, 2.75) is 51.7 Å². The molecule has 2 heterocycles. The SMILES string of the molecule is C[C@@H]1CCC[C@H](C)N1Cc1csc(N)n1. The van der Waals surface area contributed by atoms with Gasteiger partial charge in [-0.05, 0) is 26.7 Å². The predicted molar refractivity (Wildman–Crippen MR) is 64.8 cm³/mol. The minimum Gasteiger partial charge on any atom is -0.375 e. The molecule has 2 rings (SSSR count). The van der Waals surface area contributed by atoms with Crippen molar-refractivity contribution in [2.75, 3.05) is 5.73 Å². The summed E-state index contributed by atoms with van der Waals surface area (Å²) in [6.45, 7) is 5.58. The van der Waals surface area contributed by atoms with Gasteiger partial charge >= 0.3 is 0 Å². The third-order valence-corrected chi connectivity index (χ3v) is 4.01. The molecule has 3 nitrogen and oxygen atoms in total. The van der Waals surface area contributed by atoms with Gasteiger partial charge in [-0.3, -0.25) is 4.90 Å². The van der Waals surface area contributed by atoms with Crippen molar-refractivity contribution in [1.82, 2.24) is 9.88 Å². The number of piperidine rings is 1. The third-order valence-electron chi connectivity index (χ3n) is 3.29. The average molecular weight is 225 g/mol. The summed E-state index contributed by atoms with van der Waals surface area (Å²) in [4.78, 5) is 6.87. The fourth-order valence-corrected chi connectivity index (χ4v) is 2.92. The van der Waals surface area contributed by atoms with Gasteiger partial charge in [0.1, 0.15) is 0 Å². The number of hydrogen-bond acceptors (Lipinski definition) is 4. The maximum absolute atomic E-state index is 5.64. The van der Waals surface area contributed by atoms with Crippen LogP contribution in [0.5, 0.6) is 0 Å². The summed E-state index contributed by atoms with van der Waals surface area (Å²) in [5.74, 6) is 0. The van der Waals surface area contributed by atoms with E-state index in [9.17, 15) is 0 Å². The van der Waals surface area contributed by atoms with Crippen LogP contribution in [0, 0.1) is 0 Å². The maximum atomic E-state index is 5.64. The number of likely N-dealkylation sites (tertiary alicyclic amines) is 1. The average Bonchev–Trinajstić information content (AvgIpc) is 2.58. The van der Waals surface area contributed by atoms with Crippen LogP contribution in [0.25, 0.3) is 0 Å². The van der Waals surface area contributed by atoms with E-state index in [2.05, 4.69) is 29.1 Å². The second-order valence-electron chi connectivity index (χ2n) is 4.48. The van der Waals surface area contributed by atoms with Crippen LogP contribution < -0.4 is 5.73 Å². The molecule has 1 aliphatic rings. The topological polar surface area (TPSA) is 42.1 Å². The Kier molecular flexibility index (Phi) is 3.26. The molecule has 0 radical (unpaired) electrons. The van der Waals surface area contributed by atoms with Crippen molar-refractivity contribution in [1.29, 1.82) is 0 Å². The quantitative estimate of drug-likeness (QED) is 0.841. The fraction of sp³-hybridized carbons (Fsp3) is 0.727. The summed E-state index contributed by atoms with van der Waals surface area (Å²) in [5.41, 5.74) is 6.77.